The quantitative estimate of drug-likeness (QED) is 0.195. The maximum atomic E-state index is 14.7. The van der Waals surface area contributed by atoms with Crippen molar-refractivity contribution in [3.63, 3.8) is 0 Å². The Hall–Kier alpha value is -3.84. The van der Waals surface area contributed by atoms with Crippen LogP contribution >= 0.6 is 11.6 Å². The zero-order valence-electron chi connectivity index (χ0n) is 20.4. The van der Waals surface area contributed by atoms with E-state index in [9.17, 15) is 17.6 Å². The summed E-state index contributed by atoms with van der Waals surface area (Å²) in [5, 5.41) is 4.92. The molecular formula is C30H23ClF4N2O. The molecule has 0 atom stereocenters. The largest absolute Gasteiger partial charge is 0.497 e. The maximum absolute atomic E-state index is 14.7. The standard InChI is InChI=1S/C30H23ClF4N2O/c1-38-24-8-3-6-20(16-24)12-11-19-5-2-7-21(15-19)29-25-9-4-10-26(30(33,34)35)28(25)36-37(29)18-22-13-14-23(31)17-27(22)32/h2-10,13-17H,11-12,18H2,1H3. The Labute approximate surface area is 222 Å². The number of hydrogen-bond donors (Lipinski definition) is 0. The van der Waals surface area contributed by atoms with Crippen molar-refractivity contribution in [3.8, 4) is 17.0 Å². The summed E-state index contributed by atoms with van der Waals surface area (Å²) < 4.78 is 62.9. The number of benzene rings is 4. The third-order valence-corrected chi connectivity index (χ3v) is 6.68. The lowest BCUT2D eigenvalue weighted by Gasteiger charge is -2.11. The number of hydrogen-bond acceptors (Lipinski definition) is 2. The van der Waals surface area contributed by atoms with E-state index >= 15 is 0 Å². The lowest BCUT2D eigenvalue weighted by atomic mass is 9.99. The first-order valence-corrected chi connectivity index (χ1v) is 12.3. The van der Waals surface area contributed by atoms with Crippen LogP contribution in [-0.2, 0) is 25.6 Å². The zero-order chi connectivity index (χ0) is 26.9. The summed E-state index contributed by atoms with van der Waals surface area (Å²) in [5.74, 6) is 0.229. The van der Waals surface area contributed by atoms with Crippen LogP contribution in [0.25, 0.3) is 22.2 Å². The molecule has 3 nitrogen and oxygen atoms in total. The minimum atomic E-state index is -4.58. The van der Waals surface area contributed by atoms with Crippen molar-refractivity contribution in [2.75, 3.05) is 7.11 Å². The number of alkyl halides is 3. The van der Waals surface area contributed by atoms with Crippen molar-refractivity contribution in [2.45, 2.75) is 25.6 Å². The van der Waals surface area contributed by atoms with E-state index in [-0.39, 0.29) is 22.6 Å². The van der Waals surface area contributed by atoms with Gasteiger partial charge in [-0.1, -0.05) is 60.1 Å². The van der Waals surface area contributed by atoms with Gasteiger partial charge in [0.2, 0.25) is 0 Å². The molecule has 0 unspecified atom stereocenters. The van der Waals surface area contributed by atoms with Gasteiger partial charge in [-0.2, -0.15) is 18.3 Å². The van der Waals surface area contributed by atoms with Crippen LogP contribution in [-0.4, -0.2) is 16.9 Å². The van der Waals surface area contributed by atoms with E-state index in [2.05, 4.69) is 5.10 Å². The molecule has 1 heterocycles. The van der Waals surface area contributed by atoms with E-state index in [4.69, 9.17) is 16.3 Å². The van der Waals surface area contributed by atoms with Gasteiger partial charge in [0.25, 0.3) is 0 Å². The van der Waals surface area contributed by atoms with Gasteiger partial charge >= 0.3 is 6.18 Å². The highest BCUT2D eigenvalue weighted by molar-refractivity contribution is 6.30. The van der Waals surface area contributed by atoms with Gasteiger partial charge < -0.3 is 4.74 Å². The van der Waals surface area contributed by atoms with Gasteiger partial charge in [0, 0.05) is 21.5 Å². The van der Waals surface area contributed by atoms with Crippen molar-refractivity contribution in [1.29, 1.82) is 0 Å². The van der Waals surface area contributed by atoms with Crippen molar-refractivity contribution < 1.29 is 22.3 Å². The van der Waals surface area contributed by atoms with Gasteiger partial charge in [-0.3, -0.25) is 4.68 Å². The highest BCUT2D eigenvalue weighted by Gasteiger charge is 2.34. The van der Waals surface area contributed by atoms with Crippen LogP contribution in [0.2, 0.25) is 5.02 Å². The van der Waals surface area contributed by atoms with E-state index in [1.165, 1.54) is 22.9 Å². The van der Waals surface area contributed by atoms with Crippen LogP contribution in [0.5, 0.6) is 5.75 Å². The van der Waals surface area contributed by atoms with E-state index in [0.29, 0.717) is 23.1 Å². The molecule has 0 spiro atoms. The minimum absolute atomic E-state index is 0.0572. The Morgan fingerprint density at radius 1 is 0.868 bits per heavy atom. The van der Waals surface area contributed by atoms with Crippen molar-refractivity contribution in [2.24, 2.45) is 0 Å². The van der Waals surface area contributed by atoms with E-state index in [0.717, 1.165) is 29.4 Å². The molecule has 0 saturated heterocycles. The molecule has 8 heteroatoms. The van der Waals surface area contributed by atoms with Gasteiger partial charge in [-0.05, 0) is 60.4 Å². The molecule has 1 aromatic heterocycles. The molecule has 0 saturated carbocycles. The highest BCUT2D eigenvalue weighted by Crippen LogP contribution is 2.38. The number of rotatable bonds is 7. The highest BCUT2D eigenvalue weighted by atomic mass is 35.5. The third-order valence-electron chi connectivity index (χ3n) is 6.45. The van der Waals surface area contributed by atoms with Crippen molar-refractivity contribution in [1.82, 2.24) is 9.78 Å². The first-order chi connectivity index (χ1) is 18.2. The molecule has 5 aromatic rings. The summed E-state index contributed by atoms with van der Waals surface area (Å²) in [6, 6.07) is 23.7. The second kappa shape index (κ2) is 10.5. The Morgan fingerprint density at radius 3 is 2.29 bits per heavy atom. The SMILES string of the molecule is COc1cccc(CCc2cccc(-c3c4cccc(C(F)(F)F)c4nn3Cc3ccc(Cl)cc3F)c2)c1. The van der Waals surface area contributed by atoms with Crippen LogP contribution < -0.4 is 4.74 Å². The summed E-state index contributed by atoms with van der Waals surface area (Å²) in [6.07, 6.45) is -3.11. The Morgan fingerprint density at radius 2 is 1.58 bits per heavy atom. The fourth-order valence-electron chi connectivity index (χ4n) is 4.60. The first-order valence-electron chi connectivity index (χ1n) is 12.0. The molecule has 0 aliphatic heterocycles. The lowest BCUT2D eigenvalue weighted by molar-refractivity contribution is -0.136. The van der Waals surface area contributed by atoms with Crippen LogP contribution in [0, 0.1) is 5.82 Å². The molecule has 0 aliphatic carbocycles. The molecule has 0 amide bonds. The lowest BCUT2D eigenvalue weighted by Crippen LogP contribution is -2.07. The smallest absolute Gasteiger partial charge is 0.418 e. The Balaban J connectivity index is 1.58. The third kappa shape index (κ3) is 5.38. The molecule has 0 bridgehead atoms. The van der Waals surface area contributed by atoms with E-state index < -0.39 is 17.6 Å². The number of ether oxygens (including phenoxy) is 1. The molecule has 0 fully saturated rings. The summed E-state index contributed by atoms with van der Waals surface area (Å²) in [6.45, 7) is -0.0572. The topological polar surface area (TPSA) is 27.1 Å². The predicted octanol–water partition coefficient (Wildman–Crippen LogP) is 8.36. The fraction of sp³-hybridized carbons (Fsp3) is 0.167. The average Bonchev–Trinajstić information content (AvgIpc) is 3.26. The molecule has 0 aliphatic rings. The monoisotopic (exact) mass is 538 g/mol. The van der Waals surface area contributed by atoms with Gasteiger partial charge in [0.05, 0.1) is 24.9 Å². The average molecular weight is 539 g/mol. The van der Waals surface area contributed by atoms with Crippen LogP contribution in [0.1, 0.15) is 22.3 Å². The number of fused-ring (bicyclic) bond motifs is 1. The number of aryl methyl sites for hydroxylation is 2. The Bertz CT molecular complexity index is 1610. The Kier molecular flexibility index (Phi) is 7.13. The summed E-state index contributed by atoms with van der Waals surface area (Å²) in [4.78, 5) is 0. The molecule has 194 valence electrons. The van der Waals surface area contributed by atoms with Crippen LogP contribution in [0.3, 0.4) is 0 Å². The second-order valence-corrected chi connectivity index (χ2v) is 9.43. The van der Waals surface area contributed by atoms with Crippen LogP contribution in [0.15, 0.2) is 84.9 Å². The summed E-state index contributed by atoms with van der Waals surface area (Å²) in [5.41, 5.74) is 2.57. The van der Waals surface area contributed by atoms with Gasteiger partial charge in [0.15, 0.2) is 0 Å². The number of aromatic nitrogens is 2. The van der Waals surface area contributed by atoms with E-state index in [1.54, 1.807) is 19.2 Å². The molecule has 0 radical (unpaired) electrons. The summed E-state index contributed by atoms with van der Waals surface area (Å²) in [7, 11) is 1.62. The fourth-order valence-corrected chi connectivity index (χ4v) is 4.76. The van der Waals surface area contributed by atoms with Gasteiger partial charge in [-0.15, -0.1) is 0 Å². The normalized spacial score (nSPS) is 11.7. The first kappa shape index (κ1) is 25.8. The second-order valence-electron chi connectivity index (χ2n) is 8.99. The van der Waals surface area contributed by atoms with Crippen LogP contribution in [0.4, 0.5) is 17.6 Å². The molecule has 0 N–H and O–H groups in total. The number of methoxy groups -OCH3 is 1. The number of halogens is 5. The van der Waals surface area contributed by atoms with Gasteiger partial charge in [0.1, 0.15) is 17.1 Å². The molecule has 5 rings (SSSR count). The summed E-state index contributed by atoms with van der Waals surface area (Å²) >= 11 is 5.90. The zero-order valence-corrected chi connectivity index (χ0v) is 21.2. The maximum Gasteiger partial charge on any atom is 0.418 e. The predicted molar refractivity (Wildman–Crippen MR) is 141 cm³/mol. The van der Waals surface area contributed by atoms with Crippen molar-refractivity contribution in [3.05, 3.63) is 118 Å². The van der Waals surface area contributed by atoms with E-state index in [1.807, 2.05) is 48.5 Å². The molecule has 4 aromatic carbocycles. The van der Waals surface area contributed by atoms with Crippen molar-refractivity contribution >= 4 is 22.5 Å². The molecular weight excluding hydrogens is 516 g/mol. The molecule has 38 heavy (non-hydrogen) atoms. The minimum Gasteiger partial charge on any atom is -0.497 e. The number of nitrogens with zero attached hydrogens (tertiary/aromatic N) is 2. The van der Waals surface area contributed by atoms with Gasteiger partial charge in [-0.25, -0.2) is 4.39 Å².